The summed E-state index contributed by atoms with van der Waals surface area (Å²) in [6, 6.07) is 2.34. The Kier molecular flexibility index (Phi) is 4.02. The maximum absolute atomic E-state index is 14.4. The molecule has 9 heteroatoms. The summed E-state index contributed by atoms with van der Waals surface area (Å²) in [5.74, 6) is -2.20. The minimum Gasteiger partial charge on any atom is -0.477 e. The van der Waals surface area contributed by atoms with Crippen LogP contribution < -0.4 is 16.2 Å². The first kappa shape index (κ1) is 16.1. The minimum absolute atomic E-state index is 0.0206. The molecule has 1 fully saturated rings. The molecule has 1 aromatic carbocycles. The molecule has 2 aromatic rings. The molecule has 0 bridgehead atoms. The molecule has 1 aromatic heterocycles. The number of aromatic carboxylic acids is 1. The first-order valence-electron chi connectivity index (χ1n) is 7.40. The summed E-state index contributed by atoms with van der Waals surface area (Å²) in [5.41, 5.74) is 4.49. The maximum Gasteiger partial charge on any atom is 0.341 e. The highest BCUT2D eigenvalue weighted by atomic mass is 19.1. The van der Waals surface area contributed by atoms with Crippen molar-refractivity contribution in [1.29, 1.82) is 0 Å². The third-order valence-electron chi connectivity index (χ3n) is 3.99. The summed E-state index contributed by atoms with van der Waals surface area (Å²) in [5, 5.41) is 12.8. The van der Waals surface area contributed by atoms with E-state index in [2.05, 4.69) is 5.29 Å². The lowest BCUT2D eigenvalue weighted by molar-refractivity contribution is 0.0695. The van der Waals surface area contributed by atoms with Gasteiger partial charge in [0.25, 0.3) is 0 Å². The van der Waals surface area contributed by atoms with E-state index in [1.165, 1.54) is 12.3 Å². The third-order valence-corrected chi connectivity index (χ3v) is 3.99. The van der Waals surface area contributed by atoms with Crippen LogP contribution in [0.15, 0.2) is 28.4 Å². The highest BCUT2D eigenvalue weighted by Crippen LogP contribution is 2.38. The zero-order chi connectivity index (χ0) is 17.4. The predicted octanol–water partition coefficient (Wildman–Crippen LogP) is 1.62. The molecule has 0 spiro atoms. The summed E-state index contributed by atoms with van der Waals surface area (Å²) < 4.78 is 16.0. The molecule has 0 saturated heterocycles. The molecular formula is C15H15FN4O4. The molecule has 0 amide bonds. The second kappa shape index (κ2) is 6.00. The molecule has 3 N–H and O–H groups in total. The van der Waals surface area contributed by atoms with Crippen LogP contribution in [0.4, 0.5) is 10.1 Å². The second-order valence-electron chi connectivity index (χ2n) is 5.63. The topological polar surface area (TPSA) is 118 Å². The van der Waals surface area contributed by atoms with Crippen molar-refractivity contribution >= 4 is 22.6 Å². The number of nitrogens with two attached hydrogens (primary N) is 1. The van der Waals surface area contributed by atoms with E-state index in [9.17, 15) is 24.0 Å². The SMILES string of the molecule is NCCN(N=O)c1cc2c(cc1F)c(=O)c(C(=O)O)cn2C1CC1. The van der Waals surface area contributed by atoms with Gasteiger partial charge in [-0.2, -0.15) is 0 Å². The number of aromatic nitrogens is 1. The fourth-order valence-corrected chi connectivity index (χ4v) is 2.69. The molecular weight excluding hydrogens is 319 g/mol. The summed E-state index contributed by atoms with van der Waals surface area (Å²) in [6.45, 7) is 0.114. The molecule has 0 unspecified atom stereocenters. The van der Waals surface area contributed by atoms with Crippen LogP contribution in [0.2, 0.25) is 0 Å². The van der Waals surface area contributed by atoms with Gasteiger partial charge in [-0.25, -0.2) is 14.2 Å². The molecule has 1 heterocycles. The standard InChI is InChI=1S/C15H15FN4O4/c16-11-5-9-12(6-13(11)20(18-24)4-3-17)19(8-1-2-8)7-10(14(9)21)15(22)23/h5-8H,1-4,17H2,(H,22,23). The fraction of sp³-hybridized carbons (Fsp3) is 0.333. The molecule has 1 aliphatic carbocycles. The van der Waals surface area contributed by atoms with Crippen LogP contribution >= 0.6 is 0 Å². The number of anilines is 1. The fourth-order valence-electron chi connectivity index (χ4n) is 2.69. The van der Waals surface area contributed by atoms with Gasteiger partial charge in [0.1, 0.15) is 17.1 Å². The van der Waals surface area contributed by atoms with E-state index in [0.29, 0.717) is 5.52 Å². The van der Waals surface area contributed by atoms with Gasteiger partial charge < -0.3 is 15.4 Å². The maximum atomic E-state index is 14.4. The number of carbonyl (C=O) groups is 1. The van der Waals surface area contributed by atoms with Gasteiger partial charge in [0.05, 0.1) is 17.3 Å². The largest absolute Gasteiger partial charge is 0.477 e. The summed E-state index contributed by atoms with van der Waals surface area (Å²) in [6.07, 6.45) is 2.94. The van der Waals surface area contributed by atoms with Gasteiger partial charge >= 0.3 is 5.97 Å². The summed E-state index contributed by atoms with van der Waals surface area (Å²) in [4.78, 5) is 34.5. The number of benzene rings is 1. The van der Waals surface area contributed by atoms with Gasteiger partial charge in [-0.1, -0.05) is 0 Å². The molecule has 1 saturated carbocycles. The number of carboxylic acids is 1. The molecule has 126 valence electrons. The van der Waals surface area contributed by atoms with Crippen LogP contribution in [-0.2, 0) is 0 Å². The third kappa shape index (κ3) is 2.62. The van der Waals surface area contributed by atoms with E-state index in [-0.39, 0.29) is 30.2 Å². The highest BCUT2D eigenvalue weighted by Gasteiger charge is 2.28. The van der Waals surface area contributed by atoms with Crippen LogP contribution in [0.5, 0.6) is 0 Å². The lowest BCUT2D eigenvalue weighted by Gasteiger charge is -2.18. The van der Waals surface area contributed by atoms with E-state index in [1.807, 2.05) is 0 Å². The van der Waals surface area contributed by atoms with E-state index in [1.54, 1.807) is 4.57 Å². The highest BCUT2D eigenvalue weighted by molar-refractivity contribution is 5.93. The minimum atomic E-state index is -1.36. The number of nitroso groups, excluding NO2 is 1. The summed E-state index contributed by atoms with van der Waals surface area (Å²) in [7, 11) is 0. The average Bonchev–Trinajstić information content (AvgIpc) is 3.37. The zero-order valence-corrected chi connectivity index (χ0v) is 12.6. The molecule has 0 radical (unpaired) electrons. The number of nitrogens with zero attached hydrogens (tertiary/aromatic N) is 3. The first-order valence-corrected chi connectivity index (χ1v) is 7.40. The Morgan fingerprint density at radius 1 is 1.46 bits per heavy atom. The number of hydrogen-bond acceptors (Lipinski definition) is 5. The van der Waals surface area contributed by atoms with Gasteiger partial charge in [-0.3, -0.25) is 4.79 Å². The average molecular weight is 334 g/mol. The Morgan fingerprint density at radius 2 is 2.17 bits per heavy atom. The molecule has 0 atom stereocenters. The van der Waals surface area contributed by atoms with Gasteiger partial charge in [-0.15, -0.1) is 4.91 Å². The molecule has 3 rings (SSSR count). The number of carboxylic acid groups (broad SMARTS) is 1. The summed E-state index contributed by atoms with van der Waals surface area (Å²) >= 11 is 0. The van der Waals surface area contributed by atoms with Crippen molar-refractivity contribution in [3.05, 3.63) is 44.8 Å². The smallest absolute Gasteiger partial charge is 0.341 e. The molecule has 1 aliphatic rings. The van der Waals surface area contributed by atoms with Crippen LogP contribution in [0.1, 0.15) is 29.2 Å². The molecule has 8 nitrogen and oxygen atoms in total. The molecule has 24 heavy (non-hydrogen) atoms. The normalized spacial score (nSPS) is 13.9. The van der Waals surface area contributed by atoms with Crippen molar-refractivity contribution in [2.75, 3.05) is 18.1 Å². The van der Waals surface area contributed by atoms with Crippen LogP contribution in [0, 0.1) is 10.7 Å². The van der Waals surface area contributed by atoms with E-state index >= 15 is 0 Å². The van der Waals surface area contributed by atoms with E-state index in [0.717, 1.165) is 23.9 Å². The van der Waals surface area contributed by atoms with Crippen LogP contribution in [0.25, 0.3) is 10.9 Å². The number of hydrogen-bond donors (Lipinski definition) is 2. The Hall–Kier alpha value is -2.81. The van der Waals surface area contributed by atoms with Crippen molar-refractivity contribution in [1.82, 2.24) is 4.57 Å². The van der Waals surface area contributed by atoms with Gasteiger partial charge in [0, 0.05) is 24.2 Å². The number of rotatable bonds is 6. The second-order valence-corrected chi connectivity index (χ2v) is 5.63. The Bertz CT molecular complexity index is 891. The number of pyridine rings is 1. The molecule has 0 aliphatic heterocycles. The lowest BCUT2D eigenvalue weighted by Crippen LogP contribution is -2.25. The zero-order valence-electron chi connectivity index (χ0n) is 12.6. The van der Waals surface area contributed by atoms with Gasteiger partial charge in [0.15, 0.2) is 0 Å². The first-order chi connectivity index (χ1) is 11.5. The Labute approximate surface area is 135 Å². The van der Waals surface area contributed by atoms with Gasteiger partial charge in [-0.05, 0) is 25.0 Å². The van der Waals surface area contributed by atoms with Crippen molar-refractivity contribution in [2.24, 2.45) is 11.0 Å². The van der Waals surface area contributed by atoms with E-state index in [4.69, 9.17) is 5.73 Å². The predicted molar refractivity (Wildman–Crippen MR) is 85.6 cm³/mol. The van der Waals surface area contributed by atoms with Crippen LogP contribution in [-0.4, -0.2) is 28.7 Å². The quantitative estimate of drug-likeness (QED) is 0.612. The Balaban J connectivity index is 2.30. The number of fused-ring (bicyclic) bond motifs is 1. The van der Waals surface area contributed by atoms with Crippen molar-refractivity contribution < 1.29 is 14.3 Å². The number of halogens is 1. The van der Waals surface area contributed by atoms with Gasteiger partial charge in [0.2, 0.25) is 5.43 Å². The van der Waals surface area contributed by atoms with Crippen molar-refractivity contribution in [2.45, 2.75) is 18.9 Å². The van der Waals surface area contributed by atoms with Crippen molar-refractivity contribution in [3.63, 3.8) is 0 Å². The van der Waals surface area contributed by atoms with Crippen molar-refractivity contribution in [3.8, 4) is 0 Å². The van der Waals surface area contributed by atoms with E-state index < -0.39 is 22.8 Å². The monoisotopic (exact) mass is 334 g/mol. The Morgan fingerprint density at radius 3 is 2.71 bits per heavy atom. The lowest BCUT2D eigenvalue weighted by atomic mass is 10.1. The van der Waals surface area contributed by atoms with Crippen LogP contribution in [0.3, 0.4) is 0 Å².